The molecule has 49 heavy (non-hydrogen) atoms. The fraction of sp³-hybridized carbons (Fsp3) is 0.378. The molecule has 5 amide bonds. The molecule has 5 rings (SSSR count). The number of benzene rings is 3. The molecule has 258 valence electrons. The smallest absolute Gasteiger partial charge is 0.255 e. The number of nitrogens with one attached hydrogen (secondary N) is 3. The lowest BCUT2D eigenvalue weighted by molar-refractivity contribution is -0.145. The largest absolute Gasteiger partial charge is 0.497 e. The van der Waals surface area contributed by atoms with Gasteiger partial charge in [-0.15, -0.1) is 0 Å². The molecule has 3 aromatic rings. The molecular weight excluding hydrogens is 626 g/mol. The van der Waals surface area contributed by atoms with Crippen molar-refractivity contribution in [2.24, 2.45) is 0 Å². The number of fused-ring (bicyclic) bond motifs is 2. The quantitative estimate of drug-likeness (QED) is 0.349. The van der Waals surface area contributed by atoms with Crippen molar-refractivity contribution in [2.45, 2.75) is 50.2 Å². The molecule has 0 saturated carbocycles. The van der Waals surface area contributed by atoms with E-state index in [2.05, 4.69) is 16.0 Å². The summed E-state index contributed by atoms with van der Waals surface area (Å²) in [5, 5.41) is 8.60. The van der Waals surface area contributed by atoms with E-state index in [1.54, 1.807) is 31.4 Å². The predicted octanol–water partition coefficient (Wildman–Crippen LogP) is 2.11. The molecule has 0 unspecified atom stereocenters. The zero-order chi connectivity index (χ0) is 34.8. The van der Waals surface area contributed by atoms with Gasteiger partial charge in [-0.3, -0.25) is 24.0 Å². The van der Waals surface area contributed by atoms with Crippen LogP contribution in [0, 0.1) is 0 Å². The Hall–Kier alpha value is -5.39. The number of hydrogen-bond donors (Lipinski definition) is 3. The number of para-hydroxylation sites is 1. The SMILES string of the molecule is COc1ccc(CCNC(=O)[C@@H]2CC(=O)N3CCC[C@H]3C(=O)N(C)CC(=O)N[C@H](Cc3ccccc3)COc3ccccc3C(=O)N2)cc1. The summed E-state index contributed by atoms with van der Waals surface area (Å²) in [6.07, 6.45) is 1.64. The van der Waals surface area contributed by atoms with Crippen molar-refractivity contribution in [3.63, 3.8) is 0 Å². The van der Waals surface area contributed by atoms with Crippen molar-refractivity contribution in [1.82, 2.24) is 25.8 Å². The first-order valence-corrected chi connectivity index (χ1v) is 16.5. The summed E-state index contributed by atoms with van der Waals surface area (Å²) in [6, 6.07) is 21.2. The molecule has 3 atom stereocenters. The molecule has 1 fully saturated rings. The van der Waals surface area contributed by atoms with E-state index < -0.39 is 35.8 Å². The van der Waals surface area contributed by atoms with Gasteiger partial charge in [0.2, 0.25) is 23.6 Å². The fourth-order valence-electron chi connectivity index (χ4n) is 6.15. The van der Waals surface area contributed by atoms with Crippen LogP contribution in [0.2, 0.25) is 0 Å². The van der Waals surface area contributed by atoms with Gasteiger partial charge in [-0.05, 0) is 61.1 Å². The van der Waals surface area contributed by atoms with E-state index in [4.69, 9.17) is 9.47 Å². The Bertz CT molecular complexity index is 1630. The normalized spacial score (nSPS) is 20.7. The summed E-state index contributed by atoms with van der Waals surface area (Å²) in [6.45, 7) is 0.418. The van der Waals surface area contributed by atoms with Gasteiger partial charge in [0.05, 0.1) is 31.7 Å². The Morgan fingerprint density at radius 1 is 0.939 bits per heavy atom. The highest BCUT2D eigenvalue weighted by molar-refractivity contribution is 6.01. The Kier molecular flexibility index (Phi) is 11.9. The number of methoxy groups -OCH3 is 1. The van der Waals surface area contributed by atoms with Crippen molar-refractivity contribution in [3.8, 4) is 11.5 Å². The highest BCUT2D eigenvalue weighted by Gasteiger charge is 2.38. The molecule has 2 aliphatic heterocycles. The summed E-state index contributed by atoms with van der Waals surface area (Å²) in [7, 11) is 3.13. The predicted molar refractivity (Wildman–Crippen MR) is 182 cm³/mol. The lowest BCUT2D eigenvalue weighted by Gasteiger charge is -2.29. The van der Waals surface area contributed by atoms with Crippen LogP contribution >= 0.6 is 0 Å². The number of ether oxygens (including phenoxy) is 2. The topological polar surface area (TPSA) is 146 Å². The van der Waals surface area contributed by atoms with Gasteiger partial charge in [-0.25, -0.2) is 0 Å². The number of carbonyl (C=O) groups excluding carboxylic acids is 5. The van der Waals surface area contributed by atoms with Crippen LogP contribution in [0.15, 0.2) is 78.9 Å². The Balaban J connectivity index is 1.39. The van der Waals surface area contributed by atoms with E-state index >= 15 is 0 Å². The van der Waals surface area contributed by atoms with Crippen LogP contribution in [0.25, 0.3) is 0 Å². The van der Waals surface area contributed by atoms with Crippen LogP contribution in [-0.2, 0) is 32.0 Å². The van der Waals surface area contributed by atoms with Crippen molar-refractivity contribution in [1.29, 1.82) is 0 Å². The van der Waals surface area contributed by atoms with E-state index in [0.29, 0.717) is 32.2 Å². The van der Waals surface area contributed by atoms with Crippen molar-refractivity contribution < 1.29 is 33.4 Å². The van der Waals surface area contributed by atoms with Crippen LogP contribution in [0.1, 0.15) is 40.7 Å². The summed E-state index contributed by atoms with van der Waals surface area (Å²) in [5.74, 6) is -1.33. The van der Waals surface area contributed by atoms with E-state index in [1.807, 2.05) is 54.6 Å². The van der Waals surface area contributed by atoms with Gasteiger partial charge in [0, 0.05) is 20.1 Å². The summed E-state index contributed by atoms with van der Waals surface area (Å²) < 4.78 is 11.3. The number of nitrogens with zero attached hydrogens (tertiary/aromatic N) is 2. The van der Waals surface area contributed by atoms with Crippen LogP contribution in [0.3, 0.4) is 0 Å². The van der Waals surface area contributed by atoms with Gasteiger partial charge in [-0.2, -0.15) is 0 Å². The lowest BCUT2D eigenvalue weighted by Crippen LogP contribution is -2.53. The number of hydrogen-bond acceptors (Lipinski definition) is 7. The zero-order valence-corrected chi connectivity index (χ0v) is 27.9. The number of carbonyl (C=O) groups is 5. The van der Waals surface area contributed by atoms with Crippen LogP contribution in [-0.4, -0.2) is 97.9 Å². The average molecular weight is 670 g/mol. The van der Waals surface area contributed by atoms with Gasteiger partial charge in [0.25, 0.3) is 5.91 Å². The van der Waals surface area contributed by atoms with Gasteiger partial charge in [-0.1, -0.05) is 54.6 Å². The third-order valence-electron chi connectivity index (χ3n) is 8.75. The Morgan fingerprint density at radius 2 is 1.67 bits per heavy atom. The molecule has 1 saturated heterocycles. The second kappa shape index (κ2) is 16.6. The van der Waals surface area contributed by atoms with Gasteiger partial charge in [0.1, 0.15) is 30.2 Å². The van der Waals surface area contributed by atoms with E-state index in [1.165, 1.54) is 16.8 Å². The van der Waals surface area contributed by atoms with Crippen molar-refractivity contribution in [2.75, 3.05) is 40.4 Å². The minimum absolute atomic E-state index is 0.0345. The second-order valence-corrected chi connectivity index (χ2v) is 12.3. The minimum Gasteiger partial charge on any atom is -0.497 e. The van der Waals surface area contributed by atoms with Gasteiger partial charge >= 0.3 is 0 Å². The first kappa shape index (κ1) is 34.9. The molecule has 12 heteroatoms. The molecule has 0 aliphatic carbocycles. The fourth-order valence-corrected chi connectivity index (χ4v) is 6.15. The molecule has 3 aromatic carbocycles. The number of rotatable bonds is 7. The molecule has 12 nitrogen and oxygen atoms in total. The highest BCUT2D eigenvalue weighted by Crippen LogP contribution is 2.23. The second-order valence-electron chi connectivity index (χ2n) is 12.3. The van der Waals surface area contributed by atoms with E-state index in [9.17, 15) is 24.0 Å². The number of likely N-dealkylation sites (N-methyl/N-ethyl adjacent to an activating group) is 1. The Labute approximate surface area is 286 Å². The van der Waals surface area contributed by atoms with Crippen LogP contribution in [0.4, 0.5) is 0 Å². The van der Waals surface area contributed by atoms with Crippen LogP contribution in [0.5, 0.6) is 11.5 Å². The third-order valence-corrected chi connectivity index (χ3v) is 8.75. The molecular formula is C37H43N5O7. The minimum atomic E-state index is -1.22. The molecule has 0 aromatic heterocycles. The summed E-state index contributed by atoms with van der Waals surface area (Å²) in [5.41, 5.74) is 2.12. The molecule has 3 N–H and O–H groups in total. The molecule has 2 heterocycles. The molecule has 0 bridgehead atoms. The maximum atomic E-state index is 13.7. The average Bonchev–Trinajstić information content (AvgIpc) is 3.60. The van der Waals surface area contributed by atoms with Gasteiger partial charge < -0.3 is 35.2 Å². The number of amides is 5. The Morgan fingerprint density at radius 3 is 2.43 bits per heavy atom. The summed E-state index contributed by atoms with van der Waals surface area (Å²) in [4.78, 5) is 70.5. The first-order chi connectivity index (χ1) is 23.7. The first-order valence-electron chi connectivity index (χ1n) is 16.5. The van der Waals surface area contributed by atoms with Crippen molar-refractivity contribution >= 4 is 29.5 Å². The van der Waals surface area contributed by atoms with Gasteiger partial charge in [0.15, 0.2) is 0 Å². The van der Waals surface area contributed by atoms with Crippen LogP contribution < -0.4 is 25.4 Å². The zero-order valence-electron chi connectivity index (χ0n) is 27.9. The monoisotopic (exact) mass is 669 g/mol. The maximum absolute atomic E-state index is 13.7. The molecule has 0 radical (unpaired) electrons. The molecule has 2 aliphatic rings. The summed E-state index contributed by atoms with van der Waals surface area (Å²) >= 11 is 0. The molecule has 0 spiro atoms. The highest BCUT2D eigenvalue weighted by atomic mass is 16.5. The standard InChI is InChI=1S/C37H43N5O7/c1-41-23-33(43)39-27(21-26-9-4-3-5-10-26)24-49-32-13-7-6-11-29(32)35(45)40-30(22-34(44)42-20-8-12-31(42)37(41)47)36(46)38-19-18-25-14-16-28(48-2)17-15-25/h3-7,9-11,13-17,27,30-31H,8,12,18-24H2,1-2H3,(H,38,46)(H,39,43)(H,40,45)/t27-,30+,31+/m1/s1. The van der Waals surface area contributed by atoms with E-state index in [-0.39, 0.29) is 49.2 Å². The maximum Gasteiger partial charge on any atom is 0.255 e. The van der Waals surface area contributed by atoms with Crippen molar-refractivity contribution in [3.05, 3.63) is 95.6 Å². The third kappa shape index (κ3) is 9.37. The van der Waals surface area contributed by atoms with E-state index in [0.717, 1.165) is 16.9 Å². The lowest BCUT2D eigenvalue weighted by atomic mass is 10.1.